The highest BCUT2D eigenvalue weighted by molar-refractivity contribution is 4.61. The number of hydrogen-bond acceptors (Lipinski definition) is 3. The molecule has 42 valence electrons. The minimum absolute atomic E-state index is 0.0509. The molecular formula is C4H10N2O. The molecule has 3 unspecified atom stereocenters. The van der Waals surface area contributed by atoms with Crippen LogP contribution < -0.4 is 5.73 Å². The van der Waals surface area contributed by atoms with Crippen LogP contribution in [0.2, 0.25) is 0 Å². The molecule has 1 aliphatic heterocycles. The second-order valence-electron chi connectivity index (χ2n) is 1.81. The lowest BCUT2D eigenvalue weighted by molar-refractivity contribution is 0.158. The van der Waals surface area contributed by atoms with Gasteiger partial charge in [-0.15, -0.1) is 5.06 Å². The van der Waals surface area contributed by atoms with Crippen molar-refractivity contribution in [3.8, 4) is 0 Å². The van der Waals surface area contributed by atoms with Gasteiger partial charge in [0.25, 0.3) is 0 Å². The van der Waals surface area contributed by atoms with E-state index in [1.165, 1.54) is 0 Å². The molecule has 0 amide bonds. The first-order valence-corrected chi connectivity index (χ1v) is 2.42. The average molecular weight is 102 g/mol. The lowest BCUT2D eigenvalue weighted by atomic mass is 10.6. The molecule has 1 fully saturated rings. The van der Waals surface area contributed by atoms with E-state index in [0.717, 1.165) is 0 Å². The van der Waals surface area contributed by atoms with Crippen molar-refractivity contribution in [3.05, 3.63) is 0 Å². The highest BCUT2D eigenvalue weighted by atomic mass is 16.8. The van der Waals surface area contributed by atoms with Gasteiger partial charge in [-0.05, 0) is 13.8 Å². The Bertz CT molecular complexity index is 74.1. The fourth-order valence-electron chi connectivity index (χ4n) is 0.576. The van der Waals surface area contributed by atoms with Crippen molar-refractivity contribution in [2.75, 3.05) is 0 Å². The number of hydroxylamine groups is 2. The van der Waals surface area contributed by atoms with Gasteiger partial charge in [-0.1, -0.05) is 0 Å². The van der Waals surface area contributed by atoms with Crippen molar-refractivity contribution in [1.29, 1.82) is 0 Å². The average Bonchev–Trinajstić information content (AvgIpc) is 2.17. The first-order valence-electron chi connectivity index (χ1n) is 2.42. The maximum absolute atomic E-state index is 5.39. The number of nitrogens with two attached hydrogens (primary N) is 1. The highest BCUT2D eigenvalue weighted by Crippen LogP contribution is 2.19. The van der Waals surface area contributed by atoms with E-state index >= 15 is 0 Å². The Morgan fingerprint density at radius 3 is 2.29 bits per heavy atom. The minimum Gasteiger partial charge on any atom is -0.314 e. The third-order valence-electron chi connectivity index (χ3n) is 0.988. The van der Waals surface area contributed by atoms with Gasteiger partial charge in [0.1, 0.15) is 0 Å². The van der Waals surface area contributed by atoms with Gasteiger partial charge in [-0.2, -0.15) is 0 Å². The van der Waals surface area contributed by atoms with Gasteiger partial charge in [0.05, 0.1) is 6.17 Å². The molecule has 1 saturated heterocycles. The fraction of sp³-hybridized carbons (Fsp3) is 1.00. The number of rotatable bonds is 1. The van der Waals surface area contributed by atoms with Crippen LogP contribution in [0, 0.1) is 0 Å². The predicted molar refractivity (Wildman–Crippen MR) is 26.0 cm³/mol. The third kappa shape index (κ3) is 0.907. The van der Waals surface area contributed by atoms with Crippen molar-refractivity contribution < 1.29 is 4.84 Å². The largest absolute Gasteiger partial charge is 0.314 e. The molecule has 3 heteroatoms. The van der Waals surface area contributed by atoms with Gasteiger partial charge in [0, 0.05) is 0 Å². The van der Waals surface area contributed by atoms with E-state index in [2.05, 4.69) is 0 Å². The van der Waals surface area contributed by atoms with E-state index in [1.54, 1.807) is 5.06 Å². The summed E-state index contributed by atoms with van der Waals surface area (Å²) >= 11 is 0. The van der Waals surface area contributed by atoms with E-state index in [4.69, 9.17) is 10.6 Å². The lowest BCUT2D eigenvalue weighted by Gasteiger charge is -1.97. The summed E-state index contributed by atoms with van der Waals surface area (Å²) in [6.45, 7) is 3.85. The smallest absolute Gasteiger partial charge is 0.153 e. The van der Waals surface area contributed by atoms with Crippen LogP contribution in [0.3, 0.4) is 0 Å². The van der Waals surface area contributed by atoms with Gasteiger partial charge in [-0.3, -0.25) is 4.84 Å². The Morgan fingerprint density at radius 2 is 2.29 bits per heavy atom. The van der Waals surface area contributed by atoms with Gasteiger partial charge in [0.15, 0.2) is 6.23 Å². The summed E-state index contributed by atoms with van der Waals surface area (Å²) in [4.78, 5) is 4.89. The molecule has 7 heavy (non-hydrogen) atoms. The van der Waals surface area contributed by atoms with Gasteiger partial charge in [-0.25, -0.2) is 0 Å². The molecule has 0 aromatic rings. The molecule has 3 nitrogen and oxygen atoms in total. The lowest BCUT2D eigenvalue weighted by Crippen LogP contribution is -2.25. The molecule has 2 N–H and O–H groups in total. The van der Waals surface area contributed by atoms with E-state index in [0.29, 0.717) is 0 Å². The molecule has 1 heterocycles. The van der Waals surface area contributed by atoms with Gasteiger partial charge >= 0.3 is 0 Å². The molecule has 0 aromatic carbocycles. The fourth-order valence-corrected chi connectivity index (χ4v) is 0.576. The Labute approximate surface area is 43.0 Å². The first kappa shape index (κ1) is 5.03. The highest BCUT2D eigenvalue weighted by Gasteiger charge is 2.33. The van der Waals surface area contributed by atoms with E-state index in [-0.39, 0.29) is 12.4 Å². The summed E-state index contributed by atoms with van der Waals surface area (Å²) in [6, 6.07) is 0. The Morgan fingerprint density at radius 1 is 1.86 bits per heavy atom. The zero-order valence-corrected chi connectivity index (χ0v) is 4.59. The Hall–Kier alpha value is -0.120. The van der Waals surface area contributed by atoms with Crippen molar-refractivity contribution in [1.82, 2.24) is 5.06 Å². The molecule has 0 spiro atoms. The summed E-state index contributed by atoms with van der Waals surface area (Å²) in [5, 5.41) is 1.74. The molecule has 0 aliphatic carbocycles. The zero-order valence-electron chi connectivity index (χ0n) is 4.59. The van der Waals surface area contributed by atoms with Crippen molar-refractivity contribution in [3.63, 3.8) is 0 Å². The summed E-state index contributed by atoms with van der Waals surface area (Å²) in [5.74, 6) is 0. The van der Waals surface area contributed by atoms with Crippen LogP contribution in [-0.4, -0.2) is 17.5 Å². The van der Waals surface area contributed by atoms with Crippen LogP contribution in [0.5, 0.6) is 0 Å². The minimum atomic E-state index is 0.0509. The van der Waals surface area contributed by atoms with Crippen molar-refractivity contribution >= 4 is 0 Å². The molecule has 0 saturated carbocycles. The van der Waals surface area contributed by atoms with Crippen LogP contribution in [0.15, 0.2) is 0 Å². The van der Waals surface area contributed by atoms with Crippen molar-refractivity contribution in [2.24, 2.45) is 5.73 Å². The molecule has 0 bridgehead atoms. The number of hydrogen-bond donors (Lipinski definition) is 1. The Kier molecular flexibility index (Phi) is 1.03. The maximum atomic E-state index is 5.39. The molecule has 0 aromatic heterocycles. The molecular weight excluding hydrogens is 92.1 g/mol. The van der Waals surface area contributed by atoms with E-state index in [9.17, 15) is 0 Å². The van der Waals surface area contributed by atoms with Crippen LogP contribution in [0.4, 0.5) is 0 Å². The number of nitrogens with zero attached hydrogens (tertiary/aromatic N) is 1. The topological polar surface area (TPSA) is 41.6 Å². The predicted octanol–water partition coefficient (Wildman–Crippen LogP) is -0.116. The van der Waals surface area contributed by atoms with Gasteiger partial charge < -0.3 is 5.73 Å². The van der Waals surface area contributed by atoms with Crippen LogP contribution in [-0.2, 0) is 4.84 Å². The maximum Gasteiger partial charge on any atom is 0.153 e. The second-order valence-corrected chi connectivity index (χ2v) is 1.81. The quantitative estimate of drug-likeness (QED) is 0.469. The van der Waals surface area contributed by atoms with E-state index < -0.39 is 0 Å². The summed E-state index contributed by atoms with van der Waals surface area (Å²) in [7, 11) is 0. The monoisotopic (exact) mass is 102 g/mol. The van der Waals surface area contributed by atoms with Crippen LogP contribution >= 0.6 is 0 Å². The second kappa shape index (κ2) is 1.43. The zero-order chi connectivity index (χ0) is 5.44. The SMILES string of the molecule is CC(N)N1OC1C. The van der Waals surface area contributed by atoms with Crippen molar-refractivity contribution in [2.45, 2.75) is 26.2 Å². The van der Waals surface area contributed by atoms with E-state index in [1.807, 2.05) is 13.8 Å². The normalized spacial score (nSPS) is 43.3. The standard InChI is InChI=1S/C4H10N2O/c1-3(5)6-4(2)7-6/h3-4H,5H2,1-2H3. The summed E-state index contributed by atoms with van der Waals surface area (Å²) in [6.07, 6.45) is 0.301. The summed E-state index contributed by atoms with van der Waals surface area (Å²) < 4.78 is 0. The van der Waals surface area contributed by atoms with Gasteiger partial charge in [0.2, 0.25) is 0 Å². The molecule has 0 radical (unpaired) electrons. The van der Waals surface area contributed by atoms with Crippen LogP contribution in [0.1, 0.15) is 13.8 Å². The first-order chi connectivity index (χ1) is 3.22. The molecule has 3 atom stereocenters. The summed E-state index contributed by atoms with van der Waals surface area (Å²) in [5.41, 5.74) is 5.39. The van der Waals surface area contributed by atoms with Crippen LogP contribution in [0.25, 0.3) is 0 Å². The Balaban J connectivity index is 2.20. The molecule has 1 rings (SSSR count). The third-order valence-corrected chi connectivity index (χ3v) is 0.988. The molecule has 1 aliphatic rings.